The molecule has 21 heavy (non-hydrogen) atoms. The van der Waals surface area contributed by atoms with E-state index in [1.54, 1.807) is 18.2 Å². The minimum atomic E-state index is -0.972. The lowest BCUT2D eigenvalue weighted by Gasteiger charge is -2.19. The number of likely N-dealkylation sites (tertiary alicyclic amines) is 1. The Morgan fingerprint density at radius 3 is 2.86 bits per heavy atom. The van der Waals surface area contributed by atoms with E-state index in [0.717, 1.165) is 0 Å². The van der Waals surface area contributed by atoms with E-state index in [2.05, 4.69) is 0 Å². The topological polar surface area (TPSA) is 87.1 Å². The van der Waals surface area contributed by atoms with Gasteiger partial charge in [-0.15, -0.1) is 0 Å². The Hall–Kier alpha value is -2.50. The molecule has 0 aliphatic carbocycles. The maximum absolute atomic E-state index is 12.1. The fourth-order valence-electron chi connectivity index (χ4n) is 2.35. The van der Waals surface area contributed by atoms with E-state index in [9.17, 15) is 14.7 Å². The molecule has 1 saturated heterocycles. The Morgan fingerprint density at radius 1 is 1.43 bits per heavy atom. The smallest absolute Gasteiger partial charge is 0.326 e. The molecule has 6 heteroatoms. The van der Waals surface area contributed by atoms with Crippen LogP contribution in [0.4, 0.5) is 0 Å². The number of nitrogens with zero attached hydrogens (tertiary/aromatic N) is 1. The second-order valence-electron chi connectivity index (χ2n) is 4.79. The van der Waals surface area contributed by atoms with Gasteiger partial charge in [-0.05, 0) is 36.6 Å². The summed E-state index contributed by atoms with van der Waals surface area (Å²) in [6.45, 7) is 0.457. The summed E-state index contributed by atoms with van der Waals surface area (Å²) in [5.74, 6) is -0.965. The summed E-state index contributed by atoms with van der Waals surface area (Å²) in [4.78, 5) is 24.5. The van der Waals surface area contributed by atoms with Crippen molar-refractivity contribution in [2.45, 2.75) is 18.9 Å². The highest BCUT2D eigenvalue weighted by atomic mass is 16.5. The largest absolute Gasteiger partial charge is 0.504 e. The molecule has 6 nitrogen and oxygen atoms in total. The molecule has 1 aromatic rings. The van der Waals surface area contributed by atoms with Crippen LogP contribution < -0.4 is 4.74 Å². The van der Waals surface area contributed by atoms with E-state index < -0.39 is 12.0 Å². The fourth-order valence-corrected chi connectivity index (χ4v) is 2.35. The van der Waals surface area contributed by atoms with E-state index in [0.29, 0.717) is 30.7 Å². The summed E-state index contributed by atoms with van der Waals surface area (Å²) in [7, 11) is 1.44. The van der Waals surface area contributed by atoms with Crippen LogP contribution in [0, 0.1) is 0 Å². The summed E-state index contributed by atoms with van der Waals surface area (Å²) in [5, 5.41) is 18.5. The zero-order valence-corrected chi connectivity index (χ0v) is 11.7. The van der Waals surface area contributed by atoms with Crippen LogP contribution in [0.2, 0.25) is 0 Å². The maximum atomic E-state index is 12.1. The molecule has 1 aliphatic rings. The SMILES string of the molecule is COc1cc(/C=C/C(=O)N2CCC[C@@H]2C(=O)O)ccc1O. The second-order valence-corrected chi connectivity index (χ2v) is 4.79. The number of carbonyl (C=O) groups excluding carboxylic acids is 1. The van der Waals surface area contributed by atoms with Crippen molar-refractivity contribution in [1.82, 2.24) is 4.90 Å². The molecule has 1 amide bonds. The molecule has 112 valence electrons. The van der Waals surface area contributed by atoms with Gasteiger partial charge in [0.1, 0.15) is 6.04 Å². The van der Waals surface area contributed by atoms with Crippen LogP contribution in [-0.2, 0) is 9.59 Å². The lowest BCUT2D eigenvalue weighted by molar-refractivity contribution is -0.146. The minimum absolute atomic E-state index is 0.0199. The Balaban J connectivity index is 2.10. The fraction of sp³-hybridized carbons (Fsp3) is 0.333. The van der Waals surface area contributed by atoms with Gasteiger partial charge in [-0.2, -0.15) is 0 Å². The number of rotatable bonds is 4. The van der Waals surface area contributed by atoms with Gasteiger partial charge in [0.2, 0.25) is 5.91 Å². The van der Waals surface area contributed by atoms with Crippen LogP contribution >= 0.6 is 0 Å². The number of amides is 1. The number of ether oxygens (including phenoxy) is 1. The molecule has 1 fully saturated rings. The van der Waals surface area contributed by atoms with Crippen molar-refractivity contribution >= 4 is 18.0 Å². The van der Waals surface area contributed by atoms with Crippen molar-refractivity contribution in [2.75, 3.05) is 13.7 Å². The molecule has 1 aromatic carbocycles. The Labute approximate surface area is 122 Å². The van der Waals surface area contributed by atoms with Gasteiger partial charge in [0.15, 0.2) is 11.5 Å². The third-order valence-corrected chi connectivity index (χ3v) is 3.44. The average molecular weight is 291 g/mol. The number of carboxylic acid groups (broad SMARTS) is 1. The normalized spacial score (nSPS) is 18.1. The lowest BCUT2D eigenvalue weighted by Crippen LogP contribution is -2.39. The minimum Gasteiger partial charge on any atom is -0.504 e. The highest BCUT2D eigenvalue weighted by Gasteiger charge is 2.32. The number of phenolic OH excluding ortho intramolecular Hbond substituents is 1. The number of aromatic hydroxyl groups is 1. The van der Waals surface area contributed by atoms with Crippen molar-refractivity contribution in [3.63, 3.8) is 0 Å². The summed E-state index contributed by atoms with van der Waals surface area (Å²) >= 11 is 0. The van der Waals surface area contributed by atoms with Gasteiger partial charge in [-0.1, -0.05) is 6.07 Å². The molecular weight excluding hydrogens is 274 g/mol. The van der Waals surface area contributed by atoms with Crippen LogP contribution in [0.3, 0.4) is 0 Å². The second kappa shape index (κ2) is 6.30. The first-order valence-corrected chi connectivity index (χ1v) is 6.61. The van der Waals surface area contributed by atoms with E-state index in [1.165, 1.54) is 24.2 Å². The molecular formula is C15H17NO5. The summed E-state index contributed by atoms with van der Waals surface area (Å²) in [5.41, 5.74) is 0.684. The summed E-state index contributed by atoms with van der Waals surface area (Å²) in [6, 6.07) is 3.97. The van der Waals surface area contributed by atoms with E-state index in [1.807, 2.05) is 0 Å². The van der Waals surface area contributed by atoms with Crippen LogP contribution in [0.15, 0.2) is 24.3 Å². The Kier molecular flexibility index (Phi) is 4.47. The quantitative estimate of drug-likeness (QED) is 0.821. The average Bonchev–Trinajstić information content (AvgIpc) is 2.95. The van der Waals surface area contributed by atoms with E-state index in [-0.39, 0.29) is 11.7 Å². The Morgan fingerprint density at radius 2 is 2.19 bits per heavy atom. The zero-order valence-electron chi connectivity index (χ0n) is 11.7. The molecule has 0 saturated carbocycles. The van der Waals surface area contributed by atoms with Gasteiger partial charge < -0.3 is 19.8 Å². The number of carboxylic acids is 1. The van der Waals surface area contributed by atoms with Gasteiger partial charge in [-0.3, -0.25) is 4.79 Å². The first kappa shape index (κ1) is 14.9. The molecule has 1 heterocycles. The predicted octanol–water partition coefficient (Wildman–Crippen LogP) is 1.49. The van der Waals surface area contributed by atoms with Crippen LogP contribution in [0.1, 0.15) is 18.4 Å². The Bertz CT molecular complexity index is 581. The number of aliphatic carboxylic acids is 1. The van der Waals surface area contributed by atoms with Gasteiger partial charge in [0, 0.05) is 12.6 Å². The standard InChI is InChI=1S/C15H17NO5/c1-21-13-9-10(4-6-12(13)17)5-7-14(18)16-8-2-3-11(16)15(19)20/h4-7,9,11,17H,2-3,8H2,1H3,(H,19,20)/b7-5+/t11-/m1/s1. The first-order chi connectivity index (χ1) is 10.0. The van der Waals surface area contributed by atoms with Crippen LogP contribution in [-0.4, -0.2) is 46.7 Å². The van der Waals surface area contributed by atoms with Gasteiger partial charge in [0.05, 0.1) is 7.11 Å². The van der Waals surface area contributed by atoms with Gasteiger partial charge in [0.25, 0.3) is 0 Å². The number of benzene rings is 1. The van der Waals surface area contributed by atoms with E-state index in [4.69, 9.17) is 9.84 Å². The first-order valence-electron chi connectivity index (χ1n) is 6.61. The molecule has 2 rings (SSSR count). The van der Waals surface area contributed by atoms with Crippen molar-refractivity contribution in [2.24, 2.45) is 0 Å². The molecule has 0 bridgehead atoms. The van der Waals surface area contributed by atoms with Crippen molar-refractivity contribution in [3.05, 3.63) is 29.8 Å². The van der Waals surface area contributed by atoms with Crippen LogP contribution in [0.25, 0.3) is 6.08 Å². The highest BCUT2D eigenvalue weighted by Crippen LogP contribution is 2.27. The molecule has 1 atom stereocenters. The van der Waals surface area contributed by atoms with Crippen molar-refractivity contribution in [3.8, 4) is 11.5 Å². The maximum Gasteiger partial charge on any atom is 0.326 e. The van der Waals surface area contributed by atoms with Crippen molar-refractivity contribution in [1.29, 1.82) is 0 Å². The van der Waals surface area contributed by atoms with Crippen molar-refractivity contribution < 1.29 is 24.5 Å². The predicted molar refractivity (Wildman–Crippen MR) is 76.1 cm³/mol. The number of carbonyl (C=O) groups is 2. The third-order valence-electron chi connectivity index (χ3n) is 3.44. The highest BCUT2D eigenvalue weighted by molar-refractivity contribution is 5.94. The molecule has 0 unspecified atom stereocenters. The summed E-state index contributed by atoms with van der Waals surface area (Å²) < 4.78 is 4.98. The summed E-state index contributed by atoms with van der Waals surface area (Å²) in [6.07, 6.45) is 4.10. The van der Waals surface area contributed by atoms with Crippen LogP contribution in [0.5, 0.6) is 11.5 Å². The number of hydrogen-bond acceptors (Lipinski definition) is 4. The third kappa shape index (κ3) is 3.34. The molecule has 1 aliphatic heterocycles. The molecule has 0 spiro atoms. The van der Waals surface area contributed by atoms with E-state index >= 15 is 0 Å². The zero-order chi connectivity index (χ0) is 15.4. The van der Waals surface area contributed by atoms with Gasteiger partial charge >= 0.3 is 5.97 Å². The number of phenols is 1. The molecule has 2 N–H and O–H groups in total. The van der Waals surface area contributed by atoms with Gasteiger partial charge in [-0.25, -0.2) is 4.79 Å². The lowest BCUT2D eigenvalue weighted by atomic mass is 10.2. The molecule has 0 aromatic heterocycles. The number of hydrogen-bond donors (Lipinski definition) is 2. The molecule has 0 radical (unpaired) electrons. The number of methoxy groups -OCH3 is 1. The monoisotopic (exact) mass is 291 g/mol.